The van der Waals surface area contributed by atoms with Crippen LogP contribution in [0.25, 0.3) is 0 Å². The van der Waals surface area contributed by atoms with E-state index in [-0.39, 0.29) is 30.4 Å². The number of rotatable bonds is 6. The van der Waals surface area contributed by atoms with Crippen molar-refractivity contribution >= 4 is 11.6 Å². The third-order valence-corrected chi connectivity index (χ3v) is 2.55. The van der Waals surface area contributed by atoms with E-state index < -0.39 is 4.92 Å². The molecule has 0 aromatic heterocycles. The summed E-state index contributed by atoms with van der Waals surface area (Å²) in [4.78, 5) is 21.4. The van der Waals surface area contributed by atoms with Gasteiger partial charge in [0.2, 0.25) is 5.91 Å². The van der Waals surface area contributed by atoms with Gasteiger partial charge in [0, 0.05) is 12.5 Å². The summed E-state index contributed by atoms with van der Waals surface area (Å²) in [5.74, 6) is 4.90. The van der Waals surface area contributed by atoms with Crippen LogP contribution in [0, 0.1) is 24.0 Å². The number of hydrogen-bond acceptors (Lipinski definition) is 5. The number of benzene rings is 1. The van der Waals surface area contributed by atoms with Gasteiger partial charge in [0.25, 0.3) is 0 Å². The topological polar surface area (TPSA) is 107 Å². The Morgan fingerprint density at radius 1 is 1.47 bits per heavy atom. The molecule has 0 radical (unpaired) electrons. The van der Waals surface area contributed by atoms with Crippen molar-refractivity contribution < 1.29 is 14.5 Å². The minimum Gasteiger partial charge on any atom is -0.487 e. The van der Waals surface area contributed by atoms with Gasteiger partial charge < -0.3 is 4.74 Å². The average Bonchev–Trinajstić information content (AvgIpc) is 2.35. The lowest BCUT2D eigenvalue weighted by Gasteiger charge is -2.10. The molecule has 0 atom stereocenters. The highest BCUT2D eigenvalue weighted by molar-refractivity contribution is 5.75. The zero-order chi connectivity index (χ0) is 14.4. The Bertz CT molecular complexity index is 488. The molecule has 7 nitrogen and oxygen atoms in total. The lowest BCUT2D eigenvalue weighted by molar-refractivity contribution is -0.386. The molecule has 0 aliphatic heterocycles. The van der Waals surface area contributed by atoms with Crippen LogP contribution >= 0.6 is 0 Å². The molecule has 1 amide bonds. The maximum atomic E-state index is 11.0. The molecule has 0 saturated carbocycles. The molecular formula is C12H17N3O4. The van der Waals surface area contributed by atoms with Crippen molar-refractivity contribution in [3.8, 4) is 5.75 Å². The number of aryl methyl sites for hydroxylation is 2. The van der Waals surface area contributed by atoms with Gasteiger partial charge in [0.1, 0.15) is 0 Å². The minimum absolute atomic E-state index is 0.0548. The van der Waals surface area contributed by atoms with Crippen LogP contribution in [-0.2, 0) is 4.79 Å². The number of amides is 1. The molecule has 0 fully saturated rings. The minimum atomic E-state index is -0.470. The Kier molecular flexibility index (Phi) is 5.25. The van der Waals surface area contributed by atoms with Gasteiger partial charge in [0.15, 0.2) is 5.75 Å². The molecular weight excluding hydrogens is 250 g/mol. The fraction of sp³-hybridized carbons (Fsp3) is 0.417. The molecule has 0 heterocycles. The van der Waals surface area contributed by atoms with E-state index in [0.29, 0.717) is 12.0 Å². The summed E-state index contributed by atoms with van der Waals surface area (Å²) >= 11 is 0. The largest absolute Gasteiger partial charge is 0.487 e. The van der Waals surface area contributed by atoms with E-state index in [1.54, 1.807) is 13.8 Å². The fourth-order valence-corrected chi connectivity index (χ4v) is 1.73. The van der Waals surface area contributed by atoms with Crippen LogP contribution in [0.3, 0.4) is 0 Å². The molecule has 0 bridgehead atoms. The lowest BCUT2D eigenvalue weighted by atomic mass is 10.1. The Morgan fingerprint density at radius 2 is 2.16 bits per heavy atom. The Labute approximate surface area is 110 Å². The molecule has 104 valence electrons. The number of ether oxygens (including phenoxy) is 1. The van der Waals surface area contributed by atoms with Crippen molar-refractivity contribution in [1.29, 1.82) is 0 Å². The maximum absolute atomic E-state index is 11.0. The molecule has 7 heteroatoms. The van der Waals surface area contributed by atoms with E-state index in [2.05, 4.69) is 0 Å². The van der Waals surface area contributed by atoms with E-state index >= 15 is 0 Å². The van der Waals surface area contributed by atoms with E-state index in [1.807, 2.05) is 11.5 Å². The van der Waals surface area contributed by atoms with E-state index in [0.717, 1.165) is 5.56 Å². The van der Waals surface area contributed by atoms with Crippen molar-refractivity contribution in [2.24, 2.45) is 5.84 Å². The standard InChI is InChI=1S/C12H17N3O4/c1-8-6-9(2)12(10(7-8)15(17)18)19-5-3-4-11(16)14-13/h6-7H,3-5,13H2,1-2H3,(H,14,16). The number of nitro benzene ring substituents is 1. The predicted octanol–water partition coefficient (Wildman–Crippen LogP) is 1.36. The first-order valence-corrected chi connectivity index (χ1v) is 5.83. The van der Waals surface area contributed by atoms with Crippen molar-refractivity contribution in [2.45, 2.75) is 26.7 Å². The SMILES string of the molecule is Cc1cc(C)c(OCCCC(=O)NN)c([N+](=O)[O-])c1. The normalized spacial score (nSPS) is 10.1. The van der Waals surface area contributed by atoms with Gasteiger partial charge in [-0.2, -0.15) is 0 Å². The van der Waals surface area contributed by atoms with Gasteiger partial charge in [-0.3, -0.25) is 20.3 Å². The zero-order valence-corrected chi connectivity index (χ0v) is 10.9. The second kappa shape index (κ2) is 6.69. The number of nitrogens with zero attached hydrogens (tertiary/aromatic N) is 1. The summed E-state index contributed by atoms with van der Waals surface area (Å²) in [7, 11) is 0. The Balaban J connectivity index is 2.72. The molecule has 0 aliphatic carbocycles. The average molecular weight is 267 g/mol. The van der Waals surface area contributed by atoms with Crippen LogP contribution < -0.4 is 16.0 Å². The fourth-order valence-electron chi connectivity index (χ4n) is 1.73. The van der Waals surface area contributed by atoms with Crippen LogP contribution in [0.5, 0.6) is 5.75 Å². The summed E-state index contributed by atoms with van der Waals surface area (Å²) < 4.78 is 5.42. The van der Waals surface area contributed by atoms with Crippen LogP contribution in [-0.4, -0.2) is 17.4 Å². The third kappa shape index (κ3) is 4.22. The summed E-state index contributed by atoms with van der Waals surface area (Å²) in [6.07, 6.45) is 0.655. The molecule has 1 aromatic carbocycles. The highest BCUT2D eigenvalue weighted by Crippen LogP contribution is 2.32. The summed E-state index contributed by atoms with van der Waals surface area (Å²) in [6, 6.07) is 3.28. The van der Waals surface area contributed by atoms with E-state index in [9.17, 15) is 14.9 Å². The monoisotopic (exact) mass is 267 g/mol. The van der Waals surface area contributed by atoms with Crippen LogP contribution in [0.15, 0.2) is 12.1 Å². The number of carbonyl (C=O) groups is 1. The van der Waals surface area contributed by atoms with Gasteiger partial charge in [0.05, 0.1) is 11.5 Å². The van der Waals surface area contributed by atoms with Crippen molar-refractivity contribution in [1.82, 2.24) is 5.43 Å². The van der Waals surface area contributed by atoms with E-state index in [1.165, 1.54) is 6.07 Å². The summed E-state index contributed by atoms with van der Waals surface area (Å²) in [6.45, 7) is 3.76. The van der Waals surface area contributed by atoms with Crippen molar-refractivity contribution in [2.75, 3.05) is 6.61 Å². The van der Waals surface area contributed by atoms with Gasteiger partial charge in [-0.05, 0) is 31.4 Å². The maximum Gasteiger partial charge on any atom is 0.311 e. The molecule has 1 aromatic rings. The smallest absolute Gasteiger partial charge is 0.311 e. The molecule has 1 rings (SSSR count). The van der Waals surface area contributed by atoms with Crippen LogP contribution in [0.4, 0.5) is 5.69 Å². The Morgan fingerprint density at radius 3 is 2.74 bits per heavy atom. The van der Waals surface area contributed by atoms with Crippen LogP contribution in [0.2, 0.25) is 0 Å². The predicted molar refractivity (Wildman–Crippen MR) is 69.6 cm³/mol. The van der Waals surface area contributed by atoms with Gasteiger partial charge in [-0.15, -0.1) is 0 Å². The van der Waals surface area contributed by atoms with Crippen LogP contribution in [0.1, 0.15) is 24.0 Å². The first kappa shape index (κ1) is 14.9. The molecule has 0 spiro atoms. The molecule has 0 aliphatic rings. The van der Waals surface area contributed by atoms with Crippen molar-refractivity contribution in [3.63, 3.8) is 0 Å². The number of nitrogens with one attached hydrogen (secondary N) is 1. The number of hydrogen-bond donors (Lipinski definition) is 2. The number of nitro groups is 1. The first-order chi connectivity index (χ1) is 8.95. The van der Waals surface area contributed by atoms with Crippen molar-refractivity contribution in [3.05, 3.63) is 33.4 Å². The summed E-state index contributed by atoms with van der Waals surface area (Å²) in [5.41, 5.74) is 3.46. The third-order valence-electron chi connectivity index (χ3n) is 2.55. The summed E-state index contributed by atoms with van der Waals surface area (Å²) in [5, 5.41) is 11.0. The second-order valence-corrected chi connectivity index (χ2v) is 4.21. The number of nitrogens with two attached hydrogens (primary N) is 1. The van der Waals surface area contributed by atoms with Gasteiger partial charge in [-0.1, -0.05) is 6.07 Å². The van der Waals surface area contributed by atoms with E-state index in [4.69, 9.17) is 10.6 Å². The second-order valence-electron chi connectivity index (χ2n) is 4.21. The molecule has 19 heavy (non-hydrogen) atoms. The Hall–Kier alpha value is -2.15. The molecule has 0 saturated heterocycles. The first-order valence-electron chi connectivity index (χ1n) is 5.83. The number of carbonyl (C=O) groups excluding carboxylic acids is 1. The quantitative estimate of drug-likeness (QED) is 0.266. The molecule has 3 N–H and O–H groups in total. The highest BCUT2D eigenvalue weighted by atomic mass is 16.6. The lowest BCUT2D eigenvalue weighted by Crippen LogP contribution is -2.30. The van der Waals surface area contributed by atoms with Gasteiger partial charge in [-0.25, -0.2) is 5.84 Å². The molecule has 0 unspecified atom stereocenters. The highest BCUT2D eigenvalue weighted by Gasteiger charge is 2.18. The van der Waals surface area contributed by atoms with Gasteiger partial charge >= 0.3 is 5.69 Å². The zero-order valence-electron chi connectivity index (χ0n) is 10.9. The number of hydrazine groups is 1.